The van der Waals surface area contributed by atoms with Crippen molar-refractivity contribution in [3.63, 3.8) is 0 Å². The molecule has 3 heteroatoms. The highest BCUT2D eigenvalue weighted by Gasteiger charge is 2.18. The molecular weight excluding hydrogens is 389 g/mol. The Morgan fingerprint density at radius 1 is 1.14 bits per heavy atom. The summed E-state index contributed by atoms with van der Waals surface area (Å²) in [6.45, 7) is 7.76. The standard InChI is InChI=1S/C18H24INS/c1-4-9-20-18(15-11-17(19)21-12-15)16-10-13(5-2)7-8-14(16)6-3/h7-8,10-12,18,20H,4-6,9H2,1-3H3. The summed E-state index contributed by atoms with van der Waals surface area (Å²) in [6.07, 6.45) is 3.34. The van der Waals surface area contributed by atoms with Gasteiger partial charge in [-0.05, 0) is 82.1 Å². The third-order valence-corrected chi connectivity index (χ3v) is 5.64. The number of rotatable bonds is 7. The Hall–Kier alpha value is -0.390. The van der Waals surface area contributed by atoms with Gasteiger partial charge in [0.05, 0.1) is 8.93 Å². The highest BCUT2D eigenvalue weighted by molar-refractivity contribution is 14.1. The Morgan fingerprint density at radius 2 is 1.95 bits per heavy atom. The first-order valence-electron chi connectivity index (χ1n) is 7.78. The Bertz CT molecular complexity index is 576. The maximum atomic E-state index is 3.74. The molecule has 1 aromatic carbocycles. The molecule has 0 bridgehead atoms. The van der Waals surface area contributed by atoms with Crippen molar-refractivity contribution in [3.05, 3.63) is 54.8 Å². The largest absolute Gasteiger partial charge is 0.306 e. The molecule has 1 aromatic heterocycles. The molecule has 21 heavy (non-hydrogen) atoms. The average molecular weight is 413 g/mol. The van der Waals surface area contributed by atoms with E-state index in [1.165, 1.54) is 25.1 Å². The number of benzene rings is 1. The highest BCUT2D eigenvalue weighted by Crippen LogP contribution is 2.30. The summed E-state index contributed by atoms with van der Waals surface area (Å²) in [5.74, 6) is 0. The molecule has 1 unspecified atom stereocenters. The molecule has 0 aliphatic heterocycles. The molecule has 1 heterocycles. The van der Waals surface area contributed by atoms with Crippen molar-refractivity contribution in [2.24, 2.45) is 0 Å². The highest BCUT2D eigenvalue weighted by atomic mass is 127. The van der Waals surface area contributed by atoms with Gasteiger partial charge < -0.3 is 5.32 Å². The minimum atomic E-state index is 0.325. The van der Waals surface area contributed by atoms with E-state index in [0.29, 0.717) is 6.04 Å². The van der Waals surface area contributed by atoms with Crippen LogP contribution >= 0.6 is 33.9 Å². The van der Waals surface area contributed by atoms with Crippen molar-refractivity contribution in [2.45, 2.75) is 46.1 Å². The summed E-state index contributed by atoms with van der Waals surface area (Å²) in [4.78, 5) is 0. The monoisotopic (exact) mass is 413 g/mol. The van der Waals surface area contributed by atoms with E-state index in [1.54, 1.807) is 0 Å². The number of hydrogen-bond donors (Lipinski definition) is 1. The van der Waals surface area contributed by atoms with Gasteiger partial charge in [-0.25, -0.2) is 0 Å². The second-order valence-electron chi connectivity index (χ2n) is 5.31. The lowest BCUT2D eigenvalue weighted by Crippen LogP contribution is -2.24. The first-order valence-corrected chi connectivity index (χ1v) is 9.74. The average Bonchev–Trinajstić information content (AvgIpc) is 2.93. The second-order valence-corrected chi connectivity index (χ2v) is 8.12. The fourth-order valence-electron chi connectivity index (χ4n) is 2.63. The van der Waals surface area contributed by atoms with Crippen molar-refractivity contribution in [2.75, 3.05) is 6.54 Å². The normalized spacial score (nSPS) is 12.6. The summed E-state index contributed by atoms with van der Waals surface area (Å²) < 4.78 is 1.36. The fraction of sp³-hybridized carbons (Fsp3) is 0.444. The summed E-state index contributed by atoms with van der Waals surface area (Å²) in [7, 11) is 0. The Labute approximate surface area is 146 Å². The van der Waals surface area contributed by atoms with Gasteiger partial charge in [0, 0.05) is 0 Å². The Kier molecular flexibility index (Phi) is 6.71. The molecule has 0 aliphatic carbocycles. The van der Waals surface area contributed by atoms with Crippen LogP contribution in [-0.2, 0) is 12.8 Å². The van der Waals surface area contributed by atoms with Crippen LogP contribution in [0.1, 0.15) is 55.5 Å². The van der Waals surface area contributed by atoms with Gasteiger partial charge in [-0.3, -0.25) is 0 Å². The quantitative estimate of drug-likeness (QED) is 0.586. The molecule has 1 N–H and O–H groups in total. The topological polar surface area (TPSA) is 12.0 Å². The zero-order chi connectivity index (χ0) is 15.2. The summed E-state index contributed by atoms with van der Waals surface area (Å²) in [5.41, 5.74) is 5.75. The van der Waals surface area contributed by atoms with Crippen LogP contribution in [0.15, 0.2) is 29.6 Å². The van der Waals surface area contributed by atoms with Crippen molar-refractivity contribution in [3.8, 4) is 0 Å². The van der Waals surface area contributed by atoms with Crippen LogP contribution in [-0.4, -0.2) is 6.54 Å². The minimum Gasteiger partial charge on any atom is -0.306 e. The van der Waals surface area contributed by atoms with Crippen LogP contribution < -0.4 is 5.32 Å². The van der Waals surface area contributed by atoms with Crippen molar-refractivity contribution < 1.29 is 0 Å². The van der Waals surface area contributed by atoms with Crippen LogP contribution in [0.4, 0.5) is 0 Å². The second kappa shape index (κ2) is 8.30. The van der Waals surface area contributed by atoms with E-state index in [9.17, 15) is 0 Å². The third-order valence-electron chi connectivity index (χ3n) is 3.83. The number of hydrogen-bond acceptors (Lipinski definition) is 2. The summed E-state index contributed by atoms with van der Waals surface area (Å²) in [5, 5.41) is 6.04. The molecule has 1 atom stereocenters. The SMILES string of the molecule is CCCNC(c1csc(I)c1)c1cc(CC)ccc1CC. The van der Waals surface area contributed by atoms with Gasteiger partial charge in [0.2, 0.25) is 0 Å². The van der Waals surface area contributed by atoms with Gasteiger partial charge in [-0.15, -0.1) is 11.3 Å². The molecule has 114 valence electrons. The Balaban J connectivity index is 2.44. The van der Waals surface area contributed by atoms with Gasteiger partial charge in [-0.1, -0.05) is 39.0 Å². The molecule has 2 rings (SSSR count). The van der Waals surface area contributed by atoms with Gasteiger partial charge in [0.1, 0.15) is 0 Å². The molecule has 0 fully saturated rings. The van der Waals surface area contributed by atoms with Gasteiger partial charge >= 0.3 is 0 Å². The van der Waals surface area contributed by atoms with Crippen molar-refractivity contribution >= 4 is 33.9 Å². The maximum absolute atomic E-state index is 3.74. The van der Waals surface area contributed by atoms with Crippen molar-refractivity contribution in [1.82, 2.24) is 5.32 Å². The smallest absolute Gasteiger partial charge is 0.0656 e. The van der Waals surface area contributed by atoms with Crippen LogP contribution in [0, 0.1) is 2.88 Å². The fourth-order valence-corrected chi connectivity index (χ4v) is 4.02. The molecule has 0 saturated carbocycles. The van der Waals surface area contributed by atoms with E-state index < -0.39 is 0 Å². The molecule has 0 aliphatic rings. The number of aryl methyl sites for hydroxylation is 2. The first-order chi connectivity index (χ1) is 10.2. The predicted octanol–water partition coefficient (Wildman–Crippen LogP) is 5.57. The minimum absolute atomic E-state index is 0.325. The van der Waals surface area contributed by atoms with E-state index in [0.717, 1.165) is 25.8 Å². The van der Waals surface area contributed by atoms with Gasteiger partial charge in [0.25, 0.3) is 0 Å². The lowest BCUT2D eigenvalue weighted by atomic mass is 9.92. The third kappa shape index (κ3) is 4.30. The zero-order valence-electron chi connectivity index (χ0n) is 13.1. The lowest BCUT2D eigenvalue weighted by Gasteiger charge is -2.22. The molecule has 1 nitrogen and oxygen atoms in total. The number of thiophene rings is 1. The van der Waals surface area contributed by atoms with Crippen LogP contribution in [0.3, 0.4) is 0 Å². The van der Waals surface area contributed by atoms with Crippen LogP contribution in [0.5, 0.6) is 0 Å². The molecule has 0 spiro atoms. The predicted molar refractivity (Wildman–Crippen MR) is 102 cm³/mol. The van der Waals surface area contributed by atoms with E-state index in [4.69, 9.17) is 0 Å². The molecular formula is C18H24INS. The molecule has 2 aromatic rings. The molecule has 0 radical (unpaired) electrons. The number of nitrogens with one attached hydrogen (secondary N) is 1. The lowest BCUT2D eigenvalue weighted by molar-refractivity contribution is 0.595. The van der Waals surface area contributed by atoms with E-state index in [2.05, 4.69) is 78.3 Å². The number of halogens is 1. The zero-order valence-corrected chi connectivity index (χ0v) is 16.1. The van der Waals surface area contributed by atoms with Crippen molar-refractivity contribution in [1.29, 1.82) is 0 Å². The maximum Gasteiger partial charge on any atom is 0.0656 e. The Morgan fingerprint density at radius 3 is 2.52 bits per heavy atom. The van der Waals surface area contributed by atoms with E-state index >= 15 is 0 Å². The van der Waals surface area contributed by atoms with Crippen LogP contribution in [0.25, 0.3) is 0 Å². The first kappa shape index (κ1) is 17.0. The summed E-state index contributed by atoms with van der Waals surface area (Å²) in [6, 6.07) is 9.63. The van der Waals surface area contributed by atoms with Crippen LogP contribution in [0.2, 0.25) is 0 Å². The van der Waals surface area contributed by atoms with Gasteiger partial charge in [0.15, 0.2) is 0 Å². The van der Waals surface area contributed by atoms with E-state index in [-0.39, 0.29) is 0 Å². The molecule has 0 saturated heterocycles. The van der Waals surface area contributed by atoms with Gasteiger partial charge in [-0.2, -0.15) is 0 Å². The molecule has 0 amide bonds. The summed E-state index contributed by atoms with van der Waals surface area (Å²) >= 11 is 4.24. The van der Waals surface area contributed by atoms with E-state index in [1.807, 2.05) is 11.3 Å².